The summed E-state index contributed by atoms with van der Waals surface area (Å²) in [5.74, 6) is 0.587. The Labute approximate surface area is 173 Å². The van der Waals surface area contributed by atoms with Crippen molar-refractivity contribution in [1.82, 2.24) is 4.98 Å². The monoisotopic (exact) mass is 401 g/mol. The van der Waals surface area contributed by atoms with Gasteiger partial charge in [-0.2, -0.15) is 0 Å². The third-order valence-electron chi connectivity index (χ3n) is 4.43. The van der Waals surface area contributed by atoms with Gasteiger partial charge in [-0.3, -0.25) is 4.98 Å². The fourth-order valence-electron chi connectivity index (χ4n) is 2.96. The molecule has 0 atom stereocenters. The van der Waals surface area contributed by atoms with Gasteiger partial charge in [0.25, 0.3) is 0 Å². The number of aromatic carboxylic acids is 1. The maximum atomic E-state index is 11.1. The number of aromatic nitrogens is 1. The van der Waals surface area contributed by atoms with Gasteiger partial charge in [-0.15, -0.1) is 11.8 Å². The summed E-state index contributed by atoms with van der Waals surface area (Å²) in [4.78, 5) is 16.9. The molecule has 1 aromatic heterocycles. The smallest absolute Gasteiger partial charge is 0.335 e. The van der Waals surface area contributed by atoms with Crippen LogP contribution in [0.4, 0.5) is 0 Å². The summed E-state index contributed by atoms with van der Waals surface area (Å²) < 4.78 is 5.86. The van der Waals surface area contributed by atoms with Crippen LogP contribution in [0.15, 0.2) is 89.8 Å². The van der Waals surface area contributed by atoms with Crippen molar-refractivity contribution in [1.29, 1.82) is 0 Å². The molecular formula is C24H19NO3S. The van der Waals surface area contributed by atoms with Gasteiger partial charge in [0.1, 0.15) is 12.4 Å². The number of thioether (sulfide) groups is 1. The van der Waals surface area contributed by atoms with Crippen molar-refractivity contribution in [2.45, 2.75) is 17.3 Å². The van der Waals surface area contributed by atoms with Gasteiger partial charge in [0.15, 0.2) is 0 Å². The highest BCUT2D eigenvalue weighted by Gasteiger charge is 2.05. The summed E-state index contributed by atoms with van der Waals surface area (Å²) in [6, 6.07) is 26.9. The van der Waals surface area contributed by atoms with Crippen molar-refractivity contribution in [2.75, 3.05) is 0 Å². The first kappa shape index (κ1) is 19.0. The summed E-state index contributed by atoms with van der Waals surface area (Å²) in [5.41, 5.74) is 3.12. The number of fused-ring (bicyclic) bond motifs is 1. The Balaban J connectivity index is 1.39. The van der Waals surface area contributed by atoms with E-state index in [0.29, 0.717) is 6.61 Å². The van der Waals surface area contributed by atoms with E-state index in [1.54, 1.807) is 30.0 Å². The van der Waals surface area contributed by atoms with Gasteiger partial charge < -0.3 is 9.84 Å². The number of hydrogen-bond donors (Lipinski definition) is 1. The molecule has 1 N–H and O–H groups in total. The summed E-state index contributed by atoms with van der Waals surface area (Å²) in [7, 11) is 0. The van der Waals surface area contributed by atoms with Crippen molar-refractivity contribution in [3.63, 3.8) is 0 Å². The number of ether oxygens (including phenoxy) is 1. The second-order valence-corrected chi connectivity index (χ2v) is 7.60. The Morgan fingerprint density at radius 1 is 0.931 bits per heavy atom. The third-order valence-corrected chi connectivity index (χ3v) is 5.46. The fraction of sp³-hybridized carbons (Fsp3) is 0.0833. The highest BCUT2D eigenvalue weighted by Crippen LogP contribution is 2.27. The fourth-order valence-corrected chi connectivity index (χ4v) is 3.81. The third kappa shape index (κ3) is 4.95. The lowest BCUT2D eigenvalue weighted by Crippen LogP contribution is -2.00. The number of rotatable bonds is 7. The molecule has 0 amide bonds. The predicted molar refractivity (Wildman–Crippen MR) is 115 cm³/mol. The highest BCUT2D eigenvalue weighted by molar-refractivity contribution is 7.98. The minimum absolute atomic E-state index is 0.262. The van der Waals surface area contributed by atoms with Crippen LogP contribution in [0.2, 0.25) is 0 Å². The maximum absolute atomic E-state index is 11.1. The number of pyridine rings is 1. The predicted octanol–water partition coefficient (Wildman–Crippen LogP) is 5.80. The van der Waals surface area contributed by atoms with Gasteiger partial charge in [-0.25, -0.2) is 4.79 Å². The number of carbonyl (C=O) groups is 1. The second kappa shape index (κ2) is 8.80. The molecule has 4 nitrogen and oxygen atoms in total. The van der Waals surface area contributed by atoms with E-state index in [0.717, 1.165) is 38.6 Å². The molecule has 0 fully saturated rings. The summed E-state index contributed by atoms with van der Waals surface area (Å²) >= 11 is 1.70. The van der Waals surface area contributed by atoms with E-state index in [9.17, 15) is 4.79 Å². The molecule has 144 valence electrons. The van der Waals surface area contributed by atoms with Crippen molar-refractivity contribution in [2.24, 2.45) is 0 Å². The van der Waals surface area contributed by atoms with Crippen molar-refractivity contribution >= 4 is 28.6 Å². The Hall–Kier alpha value is -3.31. The normalized spacial score (nSPS) is 10.8. The first-order valence-corrected chi connectivity index (χ1v) is 10.2. The van der Waals surface area contributed by atoms with Crippen LogP contribution < -0.4 is 4.74 Å². The van der Waals surface area contributed by atoms with Gasteiger partial charge in [0.2, 0.25) is 0 Å². The Kier molecular flexibility index (Phi) is 5.77. The number of hydrogen-bond acceptors (Lipinski definition) is 4. The van der Waals surface area contributed by atoms with Crippen LogP contribution in [-0.4, -0.2) is 16.1 Å². The average Bonchev–Trinajstić information content (AvgIpc) is 2.76. The van der Waals surface area contributed by atoms with Crippen LogP contribution in [-0.2, 0) is 12.4 Å². The molecule has 0 aliphatic carbocycles. The molecule has 0 bridgehead atoms. The van der Waals surface area contributed by atoms with Crippen LogP contribution in [0.3, 0.4) is 0 Å². The first-order valence-electron chi connectivity index (χ1n) is 9.20. The SMILES string of the molecule is O=C(O)c1cccc(COc2cccc(SCc3ccc4ccccc4n3)c2)c1. The van der Waals surface area contributed by atoms with E-state index in [-0.39, 0.29) is 5.56 Å². The summed E-state index contributed by atoms with van der Waals surface area (Å²) in [6.07, 6.45) is 0. The number of carboxylic acids is 1. The van der Waals surface area contributed by atoms with Gasteiger partial charge in [-0.05, 0) is 48.0 Å². The lowest BCUT2D eigenvalue weighted by Gasteiger charge is -2.09. The molecule has 5 heteroatoms. The number of para-hydroxylation sites is 1. The second-order valence-electron chi connectivity index (χ2n) is 6.55. The minimum atomic E-state index is -0.937. The number of benzene rings is 3. The lowest BCUT2D eigenvalue weighted by molar-refractivity contribution is 0.0696. The van der Waals surface area contributed by atoms with E-state index >= 15 is 0 Å². The molecule has 0 aliphatic heterocycles. The molecule has 0 aliphatic rings. The molecule has 0 radical (unpaired) electrons. The summed E-state index contributed by atoms with van der Waals surface area (Å²) in [5, 5.41) is 10.2. The molecule has 0 unspecified atom stereocenters. The van der Waals surface area contributed by atoms with Crippen LogP contribution >= 0.6 is 11.8 Å². The Morgan fingerprint density at radius 3 is 2.69 bits per heavy atom. The number of nitrogens with zero attached hydrogens (tertiary/aromatic N) is 1. The zero-order valence-electron chi connectivity index (χ0n) is 15.6. The van der Waals surface area contributed by atoms with Gasteiger partial charge >= 0.3 is 5.97 Å². The number of carboxylic acid groups (broad SMARTS) is 1. The van der Waals surface area contributed by atoms with Crippen LogP contribution in [0, 0.1) is 0 Å². The van der Waals surface area contributed by atoms with E-state index < -0.39 is 5.97 Å². The van der Waals surface area contributed by atoms with Crippen molar-refractivity contribution < 1.29 is 14.6 Å². The van der Waals surface area contributed by atoms with Crippen molar-refractivity contribution in [3.8, 4) is 5.75 Å². The molecular weight excluding hydrogens is 382 g/mol. The quantitative estimate of drug-likeness (QED) is 0.396. The molecule has 0 saturated heterocycles. The molecule has 0 spiro atoms. The van der Waals surface area contributed by atoms with E-state index in [1.807, 2.05) is 48.5 Å². The van der Waals surface area contributed by atoms with Gasteiger partial charge in [0, 0.05) is 16.0 Å². The molecule has 4 aromatic rings. The Bertz CT molecular complexity index is 1160. The van der Waals surface area contributed by atoms with Crippen LogP contribution in [0.1, 0.15) is 21.6 Å². The highest BCUT2D eigenvalue weighted by atomic mass is 32.2. The summed E-state index contributed by atoms with van der Waals surface area (Å²) in [6.45, 7) is 0.321. The van der Waals surface area contributed by atoms with E-state index in [4.69, 9.17) is 14.8 Å². The van der Waals surface area contributed by atoms with E-state index in [2.05, 4.69) is 18.2 Å². The zero-order valence-corrected chi connectivity index (χ0v) is 16.4. The van der Waals surface area contributed by atoms with Gasteiger partial charge in [-0.1, -0.05) is 42.5 Å². The zero-order chi connectivity index (χ0) is 20.1. The molecule has 4 rings (SSSR count). The average molecular weight is 401 g/mol. The standard InChI is InChI=1S/C24H19NO3S/c26-24(27)19-7-3-5-17(13-19)15-28-21-8-4-9-22(14-21)29-16-20-12-11-18-6-1-2-10-23(18)25-20/h1-14H,15-16H2,(H,26,27). The van der Waals surface area contributed by atoms with E-state index in [1.165, 1.54) is 0 Å². The first-order chi connectivity index (χ1) is 14.2. The van der Waals surface area contributed by atoms with Crippen LogP contribution in [0.5, 0.6) is 5.75 Å². The Morgan fingerprint density at radius 2 is 1.79 bits per heavy atom. The molecule has 1 heterocycles. The topological polar surface area (TPSA) is 59.4 Å². The largest absolute Gasteiger partial charge is 0.489 e. The molecule has 29 heavy (non-hydrogen) atoms. The van der Waals surface area contributed by atoms with Crippen molar-refractivity contribution in [3.05, 3.63) is 102 Å². The van der Waals surface area contributed by atoms with Gasteiger partial charge in [0.05, 0.1) is 16.8 Å². The minimum Gasteiger partial charge on any atom is -0.489 e. The molecule has 3 aromatic carbocycles. The van der Waals surface area contributed by atoms with Crippen LogP contribution in [0.25, 0.3) is 10.9 Å². The lowest BCUT2D eigenvalue weighted by atomic mass is 10.1. The maximum Gasteiger partial charge on any atom is 0.335 e. The molecule has 0 saturated carbocycles.